The number of nitrogens with zero attached hydrogens (tertiary/aromatic N) is 3. The third-order valence-electron chi connectivity index (χ3n) is 4.39. The first-order valence-electron chi connectivity index (χ1n) is 8.17. The van der Waals surface area contributed by atoms with Crippen LogP contribution >= 0.6 is 23.2 Å². The van der Waals surface area contributed by atoms with Gasteiger partial charge in [-0.1, -0.05) is 46.6 Å². The number of aryl methyl sites for hydroxylation is 1. The summed E-state index contributed by atoms with van der Waals surface area (Å²) in [4.78, 5) is 18.6. The van der Waals surface area contributed by atoms with Crippen LogP contribution in [0.3, 0.4) is 0 Å². The lowest BCUT2D eigenvalue weighted by Gasteiger charge is -2.18. The fourth-order valence-electron chi connectivity index (χ4n) is 3.08. The van der Waals surface area contributed by atoms with Crippen molar-refractivity contribution in [3.05, 3.63) is 64.0 Å². The van der Waals surface area contributed by atoms with Crippen molar-refractivity contribution in [1.29, 1.82) is 0 Å². The summed E-state index contributed by atoms with van der Waals surface area (Å²) in [5.74, 6) is 0.726. The zero-order chi connectivity index (χ0) is 18.3. The smallest absolute Gasteiger partial charge is 0.232 e. The number of benzene rings is 2. The van der Waals surface area contributed by atoms with E-state index in [2.05, 4.69) is 10.1 Å². The summed E-state index contributed by atoms with van der Waals surface area (Å²) in [7, 11) is 0. The number of carbonyl (C=O) groups is 1. The first-order valence-corrected chi connectivity index (χ1v) is 8.93. The van der Waals surface area contributed by atoms with Crippen molar-refractivity contribution >= 4 is 34.8 Å². The maximum absolute atomic E-state index is 12.5. The minimum atomic E-state index is -0.166. The van der Waals surface area contributed by atoms with Crippen LogP contribution in [0.15, 0.2) is 47.0 Å². The van der Waals surface area contributed by atoms with Gasteiger partial charge in [-0.25, -0.2) is 0 Å². The lowest BCUT2D eigenvalue weighted by Crippen LogP contribution is -2.24. The van der Waals surface area contributed by atoms with Gasteiger partial charge in [-0.3, -0.25) is 4.79 Å². The van der Waals surface area contributed by atoms with Gasteiger partial charge in [0.1, 0.15) is 0 Å². The SMILES string of the molecule is Cc1ccc(N2CC(c3nc(-c4cccc(Cl)c4)no3)CC2=O)c(Cl)c1. The molecule has 1 saturated heterocycles. The molecule has 132 valence electrons. The molecule has 0 aliphatic carbocycles. The Morgan fingerprint density at radius 1 is 1.19 bits per heavy atom. The number of hydrogen-bond donors (Lipinski definition) is 0. The fraction of sp³-hybridized carbons (Fsp3) is 0.211. The van der Waals surface area contributed by atoms with Crippen molar-refractivity contribution in [2.75, 3.05) is 11.4 Å². The maximum Gasteiger partial charge on any atom is 0.232 e. The number of amides is 1. The van der Waals surface area contributed by atoms with Crippen molar-refractivity contribution in [1.82, 2.24) is 10.1 Å². The van der Waals surface area contributed by atoms with E-state index in [4.69, 9.17) is 27.7 Å². The molecule has 0 saturated carbocycles. The van der Waals surface area contributed by atoms with Gasteiger partial charge in [0.15, 0.2) is 0 Å². The van der Waals surface area contributed by atoms with E-state index in [0.29, 0.717) is 40.4 Å². The summed E-state index contributed by atoms with van der Waals surface area (Å²) in [6.45, 7) is 2.42. The van der Waals surface area contributed by atoms with Crippen LogP contribution in [0.1, 0.15) is 23.8 Å². The second-order valence-corrected chi connectivity index (χ2v) is 7.17. The highest BCUT2D eigenvalue weighted by Crippen LogP contribution is 2.35. The van der Waals surface area contributed by atoms with Gasteiger partial charge >= 0.3 is 0 Å². The fourth-order valence-corrected chi connectivity index (χ4v) is 3.61. The molecule has 1 aromatic heterocycles. The Hall–Kier alpha value is -2.37. The molecule has 1 aliphatic heterocycles. The Balaban J connectivity index is 1.58. The van der Waals surface area contributed by atoms with Crippen LogP contribution in [-0.2, 0) is 4.79 Å². The number of carbonyl (C=O) groups excluding carboxylic acids is 1. The average Bonchev–Trinajstić information content (AvgIpc) is 3.22. The molecule has 5 nitrogen and oxygen atoms in total. The molecule has 3 aromatic rings. The van der Waals surface area contributed by atoms with Crippen molar-refractivity contribution in [3.63, 3.8) is 0 Å². The third-order valence-corrected chi connectivity index (χ3v) is 4.93. The minimum absolute atomic E-state index is 0.0109. The van der Waals surface area contributed by atoms with Crippen LogP contribution in [0.2, 0.25) is 10.0 Å². The van der Waals surface area contributed by atoms with Crippen LogP contribution in [0, 0.1) is 6.92 Å². The summed E-state index contributed by atoms with van der Waals surface area (Å²) in [5, 5.41) is 5.18. The van der Waals surface area contributed by atoms with Crippen molar-refractivity contribution in [3.8, 4) is 11.4 Å². The summed E-state index contributed by atoms with van der Waals surface area (Å²) in [6.07, 6.45) is 0.307. The number of halogens is 2. The molecular formula is C19H15Cl2N3O2. The second kappa shape index (κ2) is 6.74. The van der Waals surface area contributed by atoms with E-state index in [0.717, 1.165) is 11.1 Å². The summed E-state index contributed by atoms with van der Waals surface area (Å²) < 4.78 is 5.41. The molecule has 1 aliphatic rings. The first-order chi connectivity index (χ1) is 12.5. The molecule has 2 aromatic carbocycles. The number of anilines is 1. The monoisotopic (exact) mass is 387 g/mol. The average molecular weight is 388 g/mol. The van der Waals surface area contributed by atoms with Crippen LogP contribution in [0.5, 0.6) is 0 Å². The number of aromatic nitrogens is 2. The van der Waals surface area contributed by atoms with Gasteiger partial charge in [0.05, 0.1) is 16.6 Å². The lowest BCUT2D eigenvalue weighted by atomic mass is 10.1. The Morgan fingerprint density at radius 3 is 2.81 bits per heavy atom. The standard InChI is InChI=1S/C19H15Cl2N3O2/c1-11-5-6-16(15(21)7-11)24-10-13(9-17(24)25)19-22-18(23-26-19)12-3-2-4-14(20)8-12/h2-8,13H,9-10H2,1H3. The van der Waals surface area contributed by atoms with Gasteiger partial charge in [0.25, 0.3) is 0 Å². The second-order valence-electron chi connectivity index (χ2n) is 6.33. The van der Waals surface area contributed by atoms with Crippen molar-refractivity contribution < 1.29 is 9.32 Å². The van der Waals surface area contributed by atoms with Gasteiger partial charge in [-0.15, -0.1) is 0 Å². The molecule has 0 radical (unpaired) electrons. The summed E-state index contributed by atoms with van der Waals surface area (Å²) in [6, 6.07) is 12.9. The molecule has 1 amide bonds. The zero-order valence-electron chi connectivity index (χ0n) is 13.9. The predicted molar refractivity (Wildman–Crippen MR) is 101 cm³/mol. The van der Waals surface area contributed by atoms with Crippen LogP contribution in [0.4, 0.5) is 5.69 Å². The van der Waals surface area contributed by atoms with E-state index in [9.17, 15) is 4.79 Å². The number of rotatable bonds is 3. The van der Waals surface area contributed by atoms with E-state index in [1.807, 2.05) is 37.3 Å². The van der Waals surface area contributed by atoms with Crippen LogP contribution < -0.4 is 4.90 Å². The molecule has 4 rings (SSSR count). The molecule has 1 fully saturated rings. The molecule has 26 heavy (non-hydrogen) atoms. The largest absolute Gasteiger partial charge is 0.339 e. The number of hydrogen-bond acceptors (Lipinski definition) is 4. The summed E-state index contributed by atoms with van der Waals surface area (Å²) in [5.41, 5.74) is 2.53. The van der Waals surface area contributed by atoms with Gasteiger partial charge in [-0.2, -0.15) is 4.98 Å². The topological polar surface area (TPSA) is 59.2 Å². The molecule has 7 heteroatoms. The Morgan fingerprint density at radius 2 is 2.04 bits per heavy atom. The van der Waals surface area contributed by atoms with E-state index in [1.165, 1.54) is 0 Å². The van der Waals surface area contributed by atoms with E-state index >= 15 is 0 Å². The van der Waals surface area contributed by atoms with E-state index in [1.54, 1.807) is 17.0 Å². The molecular weight excluding hydrogens is 373 g/mol. The quantitative estimate of drug-likeness (QED) is 0.642. The predicted octanol–water partition coefficient (Wildman–Crippen LogP) is 4.87. The van der Waals surface area contributed by atoms with Crippen molar-refractivity contribution in [2.24, 2.45) is 0 Å². The molecule has 0 bridgehead atoms. The Bertz CT molecular complexity index is 986. The van der Waals surface area contributed by atoms with Crippen LogP contribution in [0.25, 0.3) is 11.4 Å². The highest BCUT2D eigenvalue weighted by molar-refractivity contribution is 6.34. The van der Waals surface area contributed by atoms with Crippen LogP contribution in [-0.4, -0.2) is 22.6 Å². The molecule has 1 atom stereocenters. The zero-order valence-corrected chi connectivity index (χ0v) is 15.5. The Labute approximate surface area is 160 Å². The van der Waals surface area contributed by atoms with Crippen molar-refractivity contribution in [2.45, 2.75) is 19.3 Å². The molecule has 0 N–H and O–H groups in total. The first kappa shape index (κ1) is 17.1. The lowest BCUT2D eigenvalue weighted by molar-refractivity contribution is -0.117. The van der Waals surface area contributed by atoms with Gasteiger partial charge in [0, 0.05) is 23.6 Å². The molecule has 1 unspecified atom stereocenters. The third kappa shape index (κ3) is 3.20. The normalized spacial score (nSPS) is 17.1. The molecule has 2 heterocycles. The highest BCUT2D eigenvalue weighted by atomic mass is 35.5. The van der Waals surface area contributed by atoms with Gasteiger partial charge in [-0.05, 0) is 36.8 Å². The molecule has 0 spiro atoms. The highest BCUT2D eigenvalue weighted by Gasteiger charge is 2.36. The Kier molecular flexibility index (Phi) is 4.42. The minimum Gasteiger partial charge on any atom is -0.339 e. The van der Waals surface area contributed by atoms with Gasteiger partial charge < -0.3 is 9.42 Å². The van der Waals surface area contributed by atoms with Gasteiger partial charge in [0.2, 0.25) is 17.6 Å². The van der Waals surface area contributed by atoms with E-state index in [-0.39, 0.29) is 11.8 Å². The van der Waals surface area contributed by atoms with E-state index < -0.39 is 0 Å². The summed E-state index contributed by atoms with van der Waals surface area (Å²) >= 11 is 12.3. The maximum atomic E-state index is 12.5.